The number of nitrogens with two attached hydrogens (primary N) is 2. The molecular formula is C93H128N15O18S+. The number of amides is 11. The predicted molar refractivity (Wildman–Crippen MR) is 481 cm³/mol. The number of nitrogens with zero attached hydrogens (tertiary/aromatic N) is 6. The first-order valence-electron chi connectivity index (χ1n) is 43.7. The van der Waals surface area contributed by atoms with Crippen molar-refractivity contribution in [3.05, 3.63) is 166 Å². The molecule has 5 aromatic rings. The van der Waals surface area contributed by atoms with Crippen LogP contribution in [0.2, 0.25) is 0 Å². The fourth-order valence-corrected chi connectivity index (χ4v) is 16.0. The predicted octanol–water partition coefficient (Wildman–Crippen LogP) is 4.74. The van der Waals surface area contributed by atoms with E-state index in [1.165, 1.54) is 52.5 Å². The minimum absolute atomic E-state index is 0.00919. The van der Waals surface area contributed by atoms with Gasteiger partial charge in [-0.1, -0.05) is 106 Å². The highest BCUT2D eigenvalue weighted by molar-refractivity contribution is 7.98. The van der Waals surface area contributed by atoms with Crippen LogP contribution >= 0.6 is 11.8 Å². The van der Waals surface area contributed by atoms with Crippen LogP contribution in [0.4, 0.5) is 0 Å². The van der Waals surface area contributed by atoms with Gasteiger partial charge < -0.3 is 96.7 Å². The summed E-state index contributed by atoms with van der Waals surface area (Å²) < 4.78 is 33.3. The summed E-state index contributed by atoms with van der Waals surface area (Å²) in [4.78, 5) is 182. The van der Waals surface area contributed by atoms with Gasteiger partial charge in [-0.2, -0.15) is 11.8 Å². The minimum atomic E-state index is -0.968. The fraction of sp³-hybridized carbons (Fsp3) is 0.516. The van der Waals surface area contributed by atoms with E-state index in [0.717, 1.165) is 28.7 Å². The Kier molecular flexibility index (Phi) is 43.8. The van der Waals surface area contributed by atoms with Crippen LogP contribution < -0.4 is 67.6 Å². The molecule has 5 aromatic carbocycles. The van der Waals surface area contributed by atoms with Crippen LogP contribution in [0.5, 0.6) is 23.0 Å². The molecule has 127 heavy (non-hydrogen) atoms. The minimum Gasteiger partial charge on any atom is -0.497 e. The van der Waals surface area contributed by atoms with Crippen LogP contribution in [0.25, 0.3) is 0 Å². The topological polar surface area (TPSA) is 436 Å². The number of Topliss-reactive ketones (excluding diaryl/α,β-unsaturated/α-hetero) is 1. The maximum atomic E-state index is 15.4. The van der Waals surface area contributed by atoms with Gasteiger partial charge in [-0.3, -0.25) is 57.5 Å². The molecule has 1 aliphatic carbocycles. The first-order valence-corrected chi connectivity index (χ1v) is 44.9. The van der Waals surface area contributed by atoms with E-state index in [2.05, 4.69) is 66.0 Å². The Morgan fingerprint density at radius 2 is 1.17 bits per heavy atom. The summed E-state index contributed by atoms with van der Waals surface area (Å²) in [6.07, 6.45) is 9.05. The van der Waals surface area contributed by atoms with Crippen molar-refractivity contribution in [2.75, 3.05) is 138 Å². The van der Waals surface area contributed by atoms with Gasteiger partial charge in [0.05, 0.1) is 96.7 Å². The van der Waals surface area contributed by atoms with Crippen LogP contribution in [0.15, 0.2) is 126 Å². The van der Waals surface area contributed by atoms with E-state index in [0.29, 0.717) is 115 Å². The van der Waals surface area contributed by atoms with E-state index in [1.807, 2.05) is 62.4 Å². The number of carbonyl (C=O) groups is 12. The number of ether oxygens (including phenoxy) is 6. The molecular weight excluding hydrogens is 1650 g/mol. The van der Waals surface area contributed by atoms with Gasteiger partial charge in [0.25, 0.3) is 12.6 Å². The summed E-state index contributed by atoms with van der Waals surface area (Å²) in [5.74, 6) is -3.40. The molecule has 688 valence electrons. The van der Waals surface area contributed by atoms with Gasteiger partial charge in [-0.15, -0.1) is 0 Å². The molecule has 4 aliphatic rings. The van der Waals surface area contributed by atoms with Crippen molar-refractivity contribution < 1.29 is 90.7 Å². The van der Waals surface area contributed by atoms with Crippen LogP contribution in [0.1, 0.15) is 141 Å². The van der Waals surface area contributed by atoms with Crippen LogP contribution in [0.3, 0.4) is 0 Å². The van der Waals surface area contributed by atoms with Gasteiger partial charge in [0.2, 0.25) is 65.9 Å². The smallest absolute Gasteiger partial charge is 0.295 e. The van der Waals surface area contributed by atoms with Crippen molar-refractivity contribution >= 4 is 89.2 Å². The van der Waals surface area contributed by atoms with Crippen molar-refractivity contribution in [2.24, 2.45) is 22.5 Å². The first-order chi connectivity index (χ1) is 61.3. The molecule has 1 unspecified atom stereocenters. The molecule has 5 atom stereocenters. The average molecular weight is 1780 g/mol. The third kappa shape index (κ3) is 37.1. The number of unbranched alkanes of at least 4 members (excludes halogenated alkanes) is 3. The van der Waals surface area contributed by atoms with E-state index < -0.39 is 110 Å². The summed E-state index contributed by atoms with van der Waals surface area (Å²) in [6.45, 7) is 6.91. The number of rotatable bonds is 39. The monoisotopic (exact) mass is 1770 g/mol. The number of thioether (sulfide) groups is 1. The Hall–Kier alpha value is -11.6. The molecule has 11 amide bonds. The number of nitrogens with one attached hydrogen (secondary N) is 7. The molecule has 0 spiro atoms. The van der Waals surface area contributed by atoms with Crippen LogP contribution in [-0.2, 0) is 106 Å². The highest BCUT2D eigenvalue weighted by Crippen LogP contribution is 2.33. The van der Waals surface area contributed by atoms with Crippen molar-refractivity contribution in [1.29, 1.82) is 0 Å². The van der Waals surface area contributed by atoms with Crippen LogP contribution in [-0.4, -0.2) is 270 Å². The average Bonchev–Trinajstić information content (AvgIpc) is 1.34. The van der Waals surface area contributed by atoms with Gasteiger partial charge in [0, 0.05) is 91.7 Å². The third-order valence-corrected chi connectivity index (χ3v) is 22.6. The number of methoxy groups -OCH3 is 2. The van der Waals surface area contributed by atoms with Crippen molar-refractivity contribution in [1.82, 2.24) is 56.8 Å². The highest BCUT2D eigenvalue weighted by atomic mass is 32.2. The lowest BCUT2D eigenvalue weighted by atomic mass is 9.94. The van der Waals surface area contributed by atoms with Gasteiger partial charge in [0.15, 0.2) is 23.8 Å². The van der Waals surface area contributed by atoms with Crippen molar-refractivity contribution in [3.8, 4) is 23.0 Å². The zero-order chi connectivity index (χ0) is 91.2. The molecule has 0 radical (unpaired) electrons. The molecule has 9 rings (SSSR count). The van der Waals surface area contributed by atoms with Crippen molar-refractivity contribution in [3.63, 3.8) is 0 Å². The molecule has 2 bridgehead atoms. The molecule has 33 nitrogen and oxygen atoms in total. The lowest BCUT2D eigenvalue weighted by Gasteiger charge is -2.32. The summed E-state index contributed by atoms with van der Waals surface area (Å²) >= 11 is 1.43. The number of carbonyl (C=O) groups excluding carboxylic acids is 12. The quantitative estimate of drug-likeness (QED) is 0.00640. The van der Waals surface area contributed by atoms with Gasteiger partial charge in [-0.25, -0.2) is 0 Å². The molecule has 3 heterocycles. The molecule has 34 heteroatoms. The van der Waals surface area contributed by atoms with E-state index in [4.69, 9.17) is 39.9 Å². The van der Waals surface area contributed by atoms with Crippen LogP contribution in [0, 0.1) is 5.92 Å². The largest absolute Gasteiger partial charge is 0.497 e. The van der Waals surface area contributed by atoms with E-state index >= 15 is 28.8 Å². The number of hydrogen-bond donors (Lipinski definition) is 9. The zero-order valence-electron chi connectivity index (χ0n) is 74.0. The lowest BCUT2D eigenvalue weighted by molar-refractivity contribution is -0.138. The number of allylic oxidation sites excluding steroid dienone is 2. The summed E-state index contributed by atoms with van der Waals surface area (Å²) in [6, 6.07) is 28.1. The Bertz CT molecular complexity index is 4510. The summed E-state index contributed by atoms with van der Waals surface area (Å²) in [7, 11) is 2.99. The molecule has 0 aromatic heterocycles. The van der Waals surface area contributed by atoms with Gasteiger partial charge in [0.1, 0.15) is 18.1 Å². The number of ketones is 1. The Labute approximate surface area is 748 Å². The van der Waals surface area contributed by atoms with Crippen molar-refractivity contribution in [2.45, 2.75) is 166 Å². The Morgan fingerprint density at radius 3 is 1.80 bits per heavy atom. The summed E-state index contributed by atoms with van der Waals surface area (Å²) in [5, 5.41) is 24.4. The molecule has 0 saturated carbocycles. The molecule has 0 fully saturated rings. The number of benzene rings is 5. The Balaban J connectivity index is 1.11. The van der Waals surface area contributed by atoms with E-state index in [9.17, 15) is 28.8 Å². The van der Waals surface area contributed by atoms with Gasteiger partial charge in [-0.05, 0) is 172 Å². The molecule has 3 aliphatic heterocycles. The fourth-order valence-electron chi connectivity index (χ4n) is 15.1. The number of fused-ring (bicyclic) bond motifs is 31. The van der Waals surface area contributed by atoms with Gasteiger partial charge >= 0.3 is 0 Å². The maximum absolute atomic E-state index is 15.4. The second-order valence-corrected chi connectivity index (χ2v) is 33.5. The number of hydrogen-bond acceptors (Lipinski definition) is 22. The second kappa shape index (κ2) is 55.1. The normalized spacial score (nSPS) is 17.3. The standard InChI is InChI=1S/C93H127N15O18S/c1-64(2)42-76-55-107(92(119)50-70-45-78(121-5)51-79(46-70)122-6)59-86(113)102-77(44-66-18-8-7-9-19-66)56-108(90(117)48-68-27-29-71-20-10-11-21-73(71)43-68)58-85(112)101-75(23-13-16-35-95)54-106(91(118)49-69-28-32-81-82(47-69)126-63-125-81)57-84(111)100-74(22-12-15-34-94)53-105(89(116)33-41-127-62-67-25-30-72(31-26-67)93(120)103-76)60-87(114)104-80(65(3)109)24-14-17-36-97-88(115)61-124-40-39-123-38-37-98-83(110)52-99-96-4/h7-11,18-19,25-32,43,45-47,51,64,74-77,80H,4,12-17,20-24,33-42,44,48-50,52-63,94-95H2,1-3,5-6H3,(H6-,97,98,100,101,102,103,104,110,111,112,113,114,115,120)/p+1/t74-,75-,76-,77?,80-/m0/s1. The SMILES string of the molecule is C=[N+]=NCC(=O)NCCOCCOCC(=O)NCCCC[C@H](NC(=O)CN1C[C@H](CCCCN)NC(=O)CN(C(=O)Cc2ccc3c(c2)OCO3)C[C@H](CCCCN)NC(=O)CN(C(=O)Cc2ccc3c(c2)CC=CC3)CC(Cc2ccccc2)NC(=O)CN(C(=O)Cc2cc(OC)cc(OC)c2)C[C@H](CC(C)C)NC(=O)c2ccc(cc2)CSCCC1=O)C(C)=O. The maximum Gasteiger partial charge on any atom is 0.295 e. The first kappa shape index (κ1) is 101. The van der Waals surface area contributed by atoms with E-state index in [-0.39, 0.29) is 160 Å². The second-order valence-electron chi connectivity index (χ2n) is 32.4. The molecule has 0 saturated heterocycles. The van der Waals surface area contributed by atoms with E-state index in [1.54, 1.807) is 60.7 Å². The third-order valence-electron chi connectivity index (χ3n) is 21.6. The summed E-state index contributed by atoms with van der Waals surface area (Å²) in [5.41, 5.74) is 18.1. The zero-order valence-corrected chi connectivity index (χ0v) is 74.8. The Morgan fingerprint density at radius 1 is 0.591 bits per heavy atom. The molecule has 11 N–H and O–H groups in total. The highest BCUT2D eigenvalue weighted by Gasteiger charge is 2.33. The lowest BCUT2D eigenvalue weighted by Crippen LogP contribution is -2.55.